The van der Waals surface area contributed by atoms with E-state index < -0.39 is 15.6 Å². The van der Waals surface area contributed by atoms with E-state index in [2.05, 4.69) is 13.8 Å². The first kappa shape index (κ1) is 19.7. The second-order valence-electron chi connectivity index (χ2n) is 5.31. The Bertz CT molecular complexity index is 429. The van der Waals surface area contributed by atoms with Crippen LogP contribution in [0.5, 0.6) is 0 Å². The SMILES string of the molecule is CCC(=O)C[S+]1CCC(C)(C)C1.O=S(=O)([O-])C(F)(F)F. The summed E-state index contributed by atoms with van der Waals surface area (Å²) in [7, 11) is -5.67. The van der Waals surface area contributed by atoms with Crippen molar-refractivity contribution in [2.24, 2.45) is 5.41 Å². The maximum absolute atomic E-state index is 11.2. The normalized spacial score (nSPS) is 22.1. The predicted molar refractivity (Wildman–Crippen MR) is 71.4 cm³/mol. The highest BCUT2D eigenvalue weighted by Gasteiger charge is 2.39. The van der Waals surface area contributed by atoms with Crippen molar-refractivity contribution >= 4 is 26.8 Å². The van der Waals surface area contributed by atoms with Gasteiger partial charge in [0.25, 0.3) is 0 Å². The molecule has 1 atom stereocenters. The summed E-state index contributed by atoms with van der Waals surface area (Å²) in [6.07, 6.45) is 2.04. The lowest BCUT2D eigenvalue weighted by Gasteiger charge is -2.10. The Kier molecular flexibility index (Phi) is 7.03. The van der Waals surface area contributed by atoms with Gasteiger partial charge in [0.15, 0.2) is 21.7 Å². The minimum atomic E-state index is -6.09. The van der Waals surface area contributed by atoms with Gasteiger partial charge in [-0.3, -0.25) is 4.79 Å². The van der Waals surface area contributed by atoms with Crippen LogP contribution in [0.3, 0.4) is 0 Å². The van der Waals surface area contributed by atoms with Crippen molar-refractivity contribution in [3.63, 3.8) is 0 Å². The van der Waals surface area contributed by atoms with Crippen LogP contribution in [0.15, 0.2) is 0 Å². The molecule has 1 aliphatic heterocycles. The van der Waals surface area contributed by atoms with Crippen molar-refractivity contribution in [1.29, 1.82) is 0 Å². The van der Waals surface area contributed by atoms with Crippen LogP contribution in [-0.4, -0.2) is 41.5 Å². The summed E-state index contributed by atoms with van der Waals surface area (Å²) in [5.41, 5.74) is -5.13. The van der Waals surface area contributed by atoms with Crippen molar-refractivity contribution in [1.82, 2.24) is 0 Å². The standard InChI is InChI=1S/C10H19OS.CHF3O3S/c1-4-9(11)7-12-6-5-10(2,3)8-12;2-1(3,4)8(5,6)7/h4-8H2,1-3H3;(H,5,6,7)/q+1;/p-1. The van der Waals surface area contributed by atoms with E-state index in [1.165, 1.54) is 17.9 Å². The Balaban J connectivity index is 0.000000396. The molecule has 0 N–H and O–H groups in total. The summed E-state index contributed by atoms with van der Waals surface area (Å²) in [5, 5.41) is 0. The van der Waals surface area contributed by atoms with Crippen molar-refractivity contribution in [2.45, 2.75) is 39.1 Å². The number of hydrogen-bond acceptors (Lipinski definition) is 4. The lowest BCUT2D eigenvalue weighted by molar-refractivity contribution is -0.116. The maximum Gasteiger partial charge on any atom is 0.485 e. The summed E-state index contributed by atoms with van der Waals surface area (Å²) in [6.45, 7) is 6.60. The Morgan fingerprint density at radius 2 is 1.80 bits per heavy atom. The fraction of sp³-hybridized carbons (Fsp3) is 0.909. The number of carbonyl (C=O) groups is 1. The van der Waals surface area contributed by atoms with E-state index in [9.17, 15) is 18.0 Å². The Morgan fingerprint density at radius 1 is 1.35 bits per heavy atom. The summed E-state index contributed by atoms with van der Waals surface area (Å²) in [6, 6.07) is 0. The fourth-order valence-corrected chi connectivity index (χ4v) is 4.71. The monoisotopic (exact) mass is 336 g/mol. The van der Waals surface area contributed by atoms with Gasteiger partial charge in [-0.25, -0.2) is 8.42 Å². The van der Waals surface area contributed by atoms with Gasteiger partial charge in [0.2, 0.25) is 0 Å². The third-order valence-corrected chi connectivity index (χ3v) is 5.97. The molecule has 0 aromatic rings. The molecule has 20 heavy (non-hydrogen) atoms. The average molecular weight is 336 g/mol. The largest absolute Gasteiger partial charge is 0.741 e. The second kappa shape index (κ2) is 7.13. The third-order valence-electron chi connectivity index (χ3n) is 2.71. The number of alkyl halides is 3. The van der Waals surface area contributed by atoms with Gasteiger partial charge in [-0.15, -0.1) is 0 Å². The van der Waals surface area contributed by atoms with Gasteiger partial charge in [0, 0.05) is 18.3 Å². The molecule has 4 nitrogen and oxygen atoms in total. The first-order valence-corrected chi connectivity index (χ1v) is 9.10. The molecule has 120 valence electrons. The van der Waals surface area contributed by atoms with Gasteiger partial charge < -0.3 is 4.55 Å². The molecule has 0 radical (unpaired) electrons. The van der Waals surface area contributed by atoms with Gasteiger partial charge >= 0.3 is 5.51 Å². The molecule has 0 aromatic heterocycles. The Morgan fingerprint density at radius 3 is 2.05 bits per heavy atom. The molecule has 0 saturated carbocycles. The summed E-state index contributed by atoms with van der Waals surface area (Å²) in [4.78, 5) is 11.2. The molecular weight excluding hydrogens is 317 g/mol. The summed E-state index contributed by atoms with van der Waals surface area (Å²) in [5.74, 6) is 3.88. The van der Waals surface area contributed by atoms with Crippen LogP contribution in [-0.2, 0) is 25.8 Å². The van der Waals surface area contributed by atoms with E-state index in [1.54, 1.807) is 0 Å². The average Bonchev–Trinajstić information content (AvgIpc) is 2.55. The fourth-order valence-electron chi connectivity index (χ4n) is 1.57. The van der Waals surface area contributed by atoms with Crippen LogP contribution in [0.1, 0.15) is 33.6 Å². The van der Waals surface area contributed by atoms with Crippen LogP contribution in [0, 0.1) is 5.41 Å². The molecule has 0 aliphatic carbocycles. The zero-order valence-corrected chi connectivity index (χ0v) is 13.3. The zero-order valence-electron chi connectivity index (χ0n) is 11.6. The summed E-state index contributed by atoms with van der Waals surface area (Å²) >= 11 is 0. The molecule has 0 spiro atoms. The number of hydrogen-bond donors (Lipinski definition) is 0. The molecule has 1 rings (SSSR count). The van der Waals surface area contributed by atoms with Crippen LogP contribution in [0.2, 0.25) is 0 Å². The molecule has 1 aliphatic rings. The molecule has 9 heteroatoms. The topological polar surface area (TPSA) is 74.3 Å². The van der Waals surface area contributed by atoms with E-state index in [4.69, 9.17) is 13.0 Å². The molecule has 1 unspecified atom stereocenters. The first-order valence-electron chi connectivity index (χ1n) is 5.96. The van der Waals surface area contributed by atoms with E-state index in [0.717, 1.165) is 12.2 Å². The van der Waals surface area contributed by atoms with E-state index in [0.29, 0.717) is 22.1 Å². The number of rotatable bonds is 3. The quantitative estimate of drug-likeness (QED) is 0.449. The summed E-state index contributed by atoms with van der Waals surface area (Å²) < 4.78 is 58.9. The first-order chi connectivity index (χ1) is 8.78. The lowest BCUT2D eigenvalue weighted by Crippen LogP contribution is -2.21. The molecule has 1 saturated heterocycles. The third kappa shape index (κ3) is 7.49. The van der Waals surface area contributed by atoms with Crippen molar-refractivity contribution in [3.8, 4) is 0 Å². The van der Waals surface area contributed by atoms with Gasteiger partial charge in [-0.05, 0) is 10.9 Å². The lowest BCUT2D eigenvalue weighted by atomic mass is 9.94. The number of halogens is 3. The van der Waals surface area contributed by atoms with E-state index in [1.807, 2.05) is 6.92 Å². The Labute approximate surface area is 120 Å². The highest BCUT2D eigenvalue weighted by Crippen LogP contribution is 2.32. The maximum atomic E-state index is 11.2. The highest BCUT2D eigenvalue weighted by molar-refractivity contribution is 7.97. The molecular formula is C11H19F3O4S2. The minimum absolute atomic E-state index is 0.424. The van der Waals surface area contributed by atoms with Crippen LogP contribution < -0.4 is 0 Å². The Hall–Kier alpha value is -0.280. The van der Waals surface area contributed by atoms with Crippen molar-refractivity contribution in [3.05, 3.63) is 0 Å². The van der Waals surface area contributed by atoms with Gasteiger partial charge in [0.1, 0.15) is 11.5 Å². The molecule has 0 amide bonds. The molecule has 0 aromatic carbocycles. The molecule has 1 heterocycles. The number of ketones is 1. The zero-order chi connectivity index (χ0) is 16.2. The predicted octanol–water partition coefficient (Wildman–Crippen LogP) is 2.07. The van der Waals surface area contributed by atoms with E-state index in [-0.39, 0.29) is 0 Å². The van der Waals surface area contributed by atoms with Crippen LogP contribution in [0.25, 0.3) is 0 Å². The molecule has 1 fully saturated rings. The van der Waals surface area contributed by atoms with Crippen LogP contribution in [0.4, 0.5) is 13.2 Å². The number of Topliss-reactive ketones (excluding diaryl/α,β-unsaturated/α-hetero) is 1. The minimum Gasteiger partial charge on any atom is -0.741 e. The molecule has 0 bridgehead atoms. The van der Waals surface area contributed by atoms with Crippen LogP contribution >= 0.6 is 0 Å². The smallest absolute Gasteiger partial charge is 0.485 e. The van der Waals surface area contributed by atoms with E-state index >= 15 is 0 Å². The van der Waals surface area contributed by atoms with Crippen molar-refractivity contribution < 1.29 is 30.9 Å². The van der Waals surface area contributed by atoms with Gasteiger partial charge in [-0.2, -0.15) is 13.2 Å². The highest BCUT2D eigenvalue weighted by atomic mass is 32.2. The number of carbonyl (C=O) groups excluding carboxylic acids is 1. The van der Waals surface area contributed by atoms with Crippen molar-refractivity contribution in [2.75, 3.05) is 17.3 Å². The second-order valence-corrected chi connectivity index (χ2v) is 8.89. The van der Waals surface area contributed by atoms with Gasteiger partial charge in [-0.1, -0.05) is 20.8 Å². The van der Waals surface area contributed by atoms with Gasteiger partial charge in [0.05, 0.1) is 0 Å².